The van der Waals surface area contributed by atoms with E-state index < -0.39 is 35.6 Å². The fourth-order valence-electron chi connectivity index (χ4n) is 4.34. The fraction of sp³-hybridized carbons (Fsp3) is 0.417. The van der Waals surface area contributed by atoms with Crippen LogP contribution in [0.2, 0.25) is 0 Å². The average Bonchev–Trinajstić information content (AvgIpc) is 3.25. The summed E-state index contributed by atoms with van der Waals surface area (Å²) in [5.41, 5.74) is -0.554. The number of hydrogen-bond donors (Lipinski definition) is 3. The van der Waals surface area contributed by atoms with E-state index in [1.165, 1.54) is 23.3 Å². The van der Waals surface area contributed by atoms with Crippen LogP contribution in [0.25, 0.3) is 10.9 Å². The molecule has 2 aromatic carbocycles. The first kappa shape index (κ1) is 23.9. The molecule has 9 heteroatoms. The lowest BCUT2D eigenvalue weighted by Crippen LogP contribution is -2.47. The minimum Gasteiger partial charge on any atom is -0.393 e. The highest BCUT2D eigenvalue weighted by Crippen LogP contribution is 2.42. The van der Waals surface area contributed by atoms with Crippen LogP contribution in [0.1, 0.15) is 54.4 Å². The molecule has 0 radical (unpaired) electrons. The molecule has 1 heterocycles. The molecule has 0 aliphatic heterocycles. The Morgan fingerprint density at radius 2 is 1.91 bits per heavy atom. The number of aliphatic hydroxyl groups is 2. The van der Waals surface area contributed by atoms with Gasteiger partial charge in [-0.05, 0) is 63.3 Å². The van der Waals surface area contributed by atoms with Crippen LogP contribution < -0.4 is 5.32 Å². The quantitative estimate of drug-likeness (QED) is 0.406. The van der Waals surface area contributed by atoms with Crippen LogP contribution in [-0.4, -0.2) is 32.4 Å². The smallest absolute Gasteiger partial charge is 0.306 e. The number of aromatic nitrogens is 2. The summed E-state index contributed by atoms with van der Waals surface area (Å²) in [7, 11) is 0. The van der Waals surface area contributed by atoms with Gasteiger partial charge in [0.15, 0.2) is 5.60 Å². The van der Waals surface area contributed by atoms with E-state index in [0.29, 0.717) is 11.6 Å². The third kappa shape index (κ3) is 4.00. The van der Waals surface area contributed by atoms with E-state index in [2.05, 4.69) is 31.2 Å². The third-order valence-electron chi connectivity index (χ3n) is 6.29. The van der Waals surface area contributed by atoms with Gasteiger partial charge in [0.2, 0.25) is 0 Å². The van der Waals surface area contributed by atoms with Crippen molar-refractivity contribution in [2.75, 3.05) is 11.9 Å². The number of fused-ring (bicyclic) bond motifs is 3. The monoisotopic (exact) mass is 523 g/mol. The topological polar surface area (TPSA) is 78.3 Å². The van der Waals surface area contributed by atoms with Crippen molar-refractivity contribution >= 4 is 32.7 Å². The molecular weight excluding hydrogens is 499 g/mol. The van der Waals surface area contributed by atoms with Crippen LogP contribution in [0.5, 0.6) is 0 Å². The van der Waals surface area contributed by atoms with E-state index in [9.17, 15) is 19.0 Å². The predicted molar refractivity (Wildman–Crippen MR) is 124 cm³/mol. The molecule has 0 amide bonds. The highest BCUT2D eigenvalue weighted by molar-refractivity contribution is 9.10. The lowest BCUT2D eigenvalue weighted by Gasteiger charge is -2.32. The number of aryl methyl sites for hydroxylation is 2. The van der Waals surface area contributed by atoms with Crippen LogP contribution in [0.3, 0.4) is 0 Å². The molecule has 1 aromatic heterocycles. The van der Waals surface area contributed by atoms with Crippen LogP contribution in [0.4, 0.5) is 19.0 Å². The zero-order chi connectivity index (χ0) is 24.1. The van der Waals surface area contributed by atoms with Crippen molar-refractivity contribution in [3.63, 3.8) is 0 Å². The summed E-state index contributed by atoms with van der Waals surface area (Å²) < 4.78 is 45.8. The molecule has 5 nitrogen and oxygen atoms in total. The van der Waals surface area contributed by atoms with Crippen molar-refractivity contribution in [1.82, 2.24) is 9.97 Å². The molecule has 33 heavy (non-hydrogen) atoms. The molecule has 176 valence electrons. The first-order valence-electron chi connectivity index (χ1n) is 10.7. The SMILES string of the molecule is Cc1nc(N[C@H](C)c2cccc(C(F)(F)[C@@](C)(O)CO)c2F)c2cc(Br)c3c(c2n1)CCC3. The van der Waals surface area contributed by atoms with Gasteiger partial charge in [-0.1, -0.05) is 28.1 Å². The number of anilines is 1. The zero-order valence-corrected chi connectivity index (χ0v) is 20.1. The molecule has 2 atom stereocenters. The summed E-state index contributed by atoms with van der Waals surface area (Å²) in [6.07, 6.45) is 2.92. The number of aliphatic hydroxyl groups excluding tert-OH is 1. The predicted octanol–water partition coefficient (Wildman–Crippen LogP) is 5.34. The van der Waals surface area contributed by atoms with Crippen LogP contribution >= 0.6 is 15.9 Å². The summed E-state index contributed by atoms with van der Waals surface area (Å²) in [5.74, 6) is -4.10. The second kappa shape index (κ2) is 8.52. The second-order valence-corrected chi connectivity index (χ2v) is 9.62. The number of halogens is 4. The van der Waals surface area contributed by atoms with E-state index in [4.69, 9.17) is 0 Å². The van der Waals surface area contributed by atoms with Gasteiger partial charge in [0.25, 0.3) is 0 Å². The second-order valence-electron chi connectivity index (χ2n) is 8.77. The van der Waals surface area contributed by atoms with E-state index >= 15 is 4.39 Å². The van der Waals surface area contributed by atoms with Gasteiger partial charge >= 0.3 is 5.92 Å². The van der Waals surface area contributed by atoms with E-state index in [-0.39, 0.29) is 5.56 Å². The molecule has 1 aliphatic carbocycles. The maximum Gasteiger partial charge on any atom is 0.306 e. The number of benzene rings is 2. The highest BCUT2D eigenvalue weighted by atomic mass is 79.9. The van der Waals surface area contributed by atoms with E-state index in [1.807, 2.05) is 6.07 Å². The van der Waals surface area contributed by atoms with Crippen LogP contribution in [0, 0.1) is 12.7 Å². The van der Waals surface area contributed by atoms with Gasteiger partial charge in [-0.3, -0.25) is 0 Å². The van der Waals surface area contributed by atoms with Crippen molar-refractivity contribution in [2.24, 2.45) is 0 Å². The average molecular weight is 524 g/mol. The van der Waals surface area contributed by atoms with E-state index in [1.54, 1.807) is 13.8 Å². The van der Waals surface area contributed by atoms with Crippen molar-refractivity contribution in [1.29, 1.82) is 0 Å². The largest absolute Gasteiger partial charge is 0.393 e. The van der Waals surface area contributed by atoms with Crippen molar-refractivity contribution in [3.8, 4) is 0 Å². The Hall–Kier alpha value is -2.23. The fourth-order valence-corrected chi connectivity index (χ4v) is 5.01. The van der Waals surface area contributed by atoms with Gasteiger partial charge in [0.1, 0.15) is 17.5 Å². The summed E-state index contributed by atoms with van der Waals surface area (Å²) in [5, 5.41) is 23.1. The number of nitrogens with zero attached hydrogens (tertiary/aromatic N) is 2. The Kier molecular flexibility index (Phi) is 6.18. The van der Waals surface area contributed by atoms with Gasteiger partial charge in [0.05, 0.1) is 23.7 Å². The molecule has 0 bridgehead atoms. The Labute approximate surface area is 198 Å². The van der Waals surface area contributed by atoms with Crippen molar-refractivity contribution in [2.45, 2.75) is 57.6 Å². The van der Waals surface area contributed by atoms with Gasteiger partial charge < -0.3 is 15.5 Å². The molecule has 0 saturated heterocycles. The number of nitrogens with one attached hydrogen (secondary N) is 1. The third-order valence-corrected chi connectivity index (χ3v) is 7.00. The van der Waals surface area contributed by atoms with Crippen molar-refractivity contribution in [3.05, 3.63) is 62.6 Å². The Morgan fingerprint density at radius 1 is 1.21 bits per heavy atom. The van der Waals surface area contributed by atoms with Gasteiger partial charge in [-0.25, -0.2) is 14.4 Å². The van der Waals surface area contributed by atoms with Gasteiger partial charge in [-0.2, -0.15) is 8.78 Å². The highest BCUT2D eigenvalue weighted by Gasteiger charge is 2.52. The Balaban J connectivity index is 1.76. The lowest BCUT2D eigenvalue weighted by atomic mass is 9.90. The normalized spacial score (nSPS) is 16.5. The molecule has 3 N–H and O–H groups in total. The molecule has 1 aliphatic rings. The first-order valence-corrected chi connectivity index (χ1v) is 11.5. The molecule has 0 saturated carbocycles. The lowest BCUT2D eigenvalue weighted by molar-refractivity contribution is -0.197. The molecule has 0 spiro atoms. The molecular formula is C24H25BrF3N3O2. The molecule has 0 fully saturated rings. The molecule has 4 rings (SSSR count). The number of alkyl halides is 2. The summed E-state index contributed by atoms with van der Waals surface area (Å²) in [4.78, 5) is 9.13. The Morgan fingerprint density at radius 3 is 2.61 bits per heavy atom. The molecule has 3 aromatic rings. The minimum atomic E-state index is -3.99. The number of hydrogen-bond acceptors (Lipinski definition) is 5. The van der Waals surface area contributed by atoms with Gasteiger partial charge in [0, 0.05) is 15.4 Å². The maximum atomic E-state index is 15.3. The summed E-state index contributed by atoms with van der Waals surface area (Å²) >= 11 is 3.63. The minimum absolute atomic E-state index is 0.00874. The first-order chi connectivity index (χ1) is 15.5. The molecule has 0 unspecified atom stereocenters. The zero-order valence-electron chi connectivity index (χ0n) is 18.5. The van der Waals surface area contributed by atoms with Crippen LogP contribution in [0.15, 0.2) is 28.7 Å². The summed E-state index contributed by atoms with van der Waals surface area (Å²) in [6, 6.07) is 4.85. The van der Waals surface area contributed by atoms with Crippen molar-refractivity contribution < 1.29 is 23.4 Å². The maximum absolute atomic E-state index is 15.3. The number of rotatable bonds is 6. The standard InChI is InChI=1S/C24H25BrF3N3O2/c1-12(14-6-5-9-18(20(14)26)24(27,28)23(3,33)11-32)29-22-17-10-19(25)15-7-4-8-16(15)21(17)30-13(2)31-22/h5-6,9-10,12,32-33H,4,7-8,11H2,1-3H3,(H,29,30,31)/t12-,23+/m1/s1. The van der Waals surface area contributed by atoms with Gasteiger partial charge in [-0.15, -0.1) is 0 Å². The van der Waals surface area contributed by atoms with Crippen LogP contribution in [-0.2, 0) is 18.8 Å². The van der Waals surface area contributed by atoms with E-state index in [0.717, 1.165) is 47.6 Å². The summed E-state index contributed by atoms with van der Waals surface area (Å²) in [6.45, 7) is 2.98. The Bertz CT molecular complexity index is 1230.